The van der Waals surface area contributed by atoms with Crippen molar-refractivity contribution in [3.63, 3.8) is 0 Å². The predicted octanol–water partition coefficient (Wildman–Crippen LogP) is 7.77. The molecule has 5 heteroatoms. The first-order chi connectivity index (χ1) is 16.3. The number of nitrogens with one attached hydrogen (secondary N) is 1. The SMILES string of the molecule is Cc1cccc(NC(=O)C(C#N)=C(SCc2cc(C)ccc2C)SCc2cc(C)ccc2C)c1. The molecule has 34 heavy (non-hydrogen) atoms. The Morgan fingerprint density at radius 3 is 1.82 bits per heavy atom. The fourth-order valence-electron chi connectivity index (χ4n) is 3.49. The maximum Gasteiger partial charge on any atom is 0.268 e. The van der Waals surface area contributed by atoms with Gasteiger partial charge in [0, 0.05) is 17.2 Å². The van der Waals surface area contributed by atoms with Crippen LogP contribution in [0, 0.1) is 45.9 Å². The molecule has 0 saturated carbocycles. The molecule has 0 aliphatic heterocycles. The van der Waals surface area contributed by atoms with Crippen LogP contribution in [0.15, 0.2) is 70.5 Å². The third kappa shape index (κ3) is 7.03. The number of carbonyl (C=O) groups excluding carboxylic acids is 1. The van der Waals surface area contributed by atoms with E-state index in [1.807, 2.05) is 31.2 Å². The van der Waals surface area contributed by atoms with Gasteiger partial charge in [-0.3, -0.25) is 4.79 Å². The molecule has 0 unspecified atom stereocenters. The van der Waals surface area contributed by atoms with Crippen LogP contribution < -0.4 is 5.32 Å². The van der Waals surface area contributed by atoms with E-state index in [0.717, 1.165) is 9.80 Å². The van der Waals surface area contributed by atoms with Gasteiger partial charge in [0.15, 0.2) is 0 Å². The van der Waals surface area contributed by atoms with E-state index in [1.54, 1.807) is 23.5 Å². The van der Waals surface area contributed by atoms with Gasteiger partial charge in [-0.1, -0.05) is 59.7 Å². The number of hydrogen-bond donors (Lipinski definition) is 1. The summed E-state index contributed by atoms with van der Waals surface area (Å²) in [6.45, 7) is 10.3. The average Bonchev–Trinajstić information content (AvgIpc) is 2.79. The Morgan fingerprint density at radius 2 is 1.32 bits per heavy atom. The van der Waals surface area contributed by atoms with Gasteiger partial charge in [-0.25, -0.2) is 0 Å². The highest BCUT2D eigenvalue weighted by Gasteiger charge is 2.18. The van der Waals surface area contributed by atoms with E-state index < -0.39 is 0 Å². The highest BCUT2D eigenvalue weighted by Crippen LogP contribution is 2.37. The zero-order valence-electron chi connectivity index (χ0n) is 20.4. The summed E-state index contributed by atoms with van der Waals surface area (Å²) in [6, 6.07) is 22.6. The van der Waals surface area contributed by atoms with Crippen LogP contribution in [0.25, 0.3) is 0 Å². The molecule has 3 nitrogen and oxygen atoms in total. The average molecular weight is 487 g/mol. The number of nitrogens with zero attached hydrogens (tertiary/aromatic N) is 1. The molecule has 3 aromatic rings. The fourth-order valence-corrected chi connectivity index (χ4v) is 5.94. The van der Waals surface area contributed by atoms with Gasteiger partial charge in [0.1, 0.15) is 11.6 Å². The first kappa shape index (κ1) is 25.7. The molecule has 0 aliphatic rings. The second-order valence-corrected chi connectivity index (χ2v) is 10.8. The van der Waals surface area contributed by atoms with E-state index in [-0.39, 0.29) is 11.5 Å². The van der Waals surface area contributed by atoms with Gasteiger partial charge in [-0.05, 0) is 74.6 Å². The Kier molecular flexibility index (Phi) is 9.04. The number of benzene rings is 3. The van der Waals surface area contributed by atoms with Crippen LogP contribution in [0.1, 0.15) is 38.9 Å². The zero-order valence-corrected chi connectivity index (χ0v) is 22.0. The second kappa shape index (κ2) is 12.0. The van der Waals surface area contributed by atoms with Crippen LogP contribution in [0.5, 0.6) is 0 Å². The lowest BCUT2D eigenvalue weighted by Crippen LogP contribution is -2.14. The molecule has 1 amide bonds. The number of amides is 1. The second-order valence-electron chi connectivity index (χ2n) is 8.54. The van der Waals surface area contributed by atoms with E-state index in [9.17, 15) is 10.1 Å². The minimum Gasteiger partial charge on any atom is -0.321 e. The molecule has 3 rings (SSSR count). The maximum absolute atomic E-state index is 13.1. The van der Waals surface area contributed by atoms with E-state index in [0.29, 0.717) is 17.2 Å². The Hall–Kier alpha value is -2.94. The Balaban J connectivity index is 1.90. The normalized spacial score (nSPS) is 10.5. The van der Waals surface area contributed by atoms with Gasteiger partial charge in [0.05, 0.1) is 4.24 Å². The molecule has 0 spiro atoms. The van der Waals surface area contributed by atoms with Crippen LogP contribution in [-0.4, -0.2) is 5.91 Å². The number of aryl methyl sites for hydroxylation is 5. The van der Waals surface area contributed by atoms with Gasteiger partial charge >= 0.3 is 0 Å². The molecule has 0 heterocycles. The summed E-state index contributed by atoms with van der Waals surface area (Å²) in [4.78, 5) is 13.1. The van der Waals surface area contributed by atoms with E-state index in [2.05, 4.69) is 75.5 Å². The fraction of sp³-hybridized carbons (Fsp3) is 0.241. The summed E-state index contributed by atoms with van der Waals surface area (Å²) in [6.07, 6.45) is 0. The predicted molar refractivity (Wildman–Crippen MR) is 147 cm³/mol. The van der Waals surface area contributed by atoms with Gasteiger partial charge in [0.25, 0.3) is 5.91 Å². The van der Waals surface area contributed by atoms with Crippen molar-refractivity contribution in [2.45, 2.75) is 46.1 Å². The van der Waals surface area contributed by atoms with Gasteiger partial charge < -0.3 is 5.32 Å². The highest BCUT2D eigenvalue weighted by atomic mass is 32.2. The summed E-state index contributed by atoms with van der Waals surface area (Å²) in [5, 5.41) is 12.9. The highest BCUT2D eigenvalue weighted by molar-refractivity contribution is 8.21. The lowest BCUT2D eigenvalue weighted by Gasteiger charge is -2.14. The standard InChI is InChI=1S/C29H30N2OS2/c1-19-7-6-8-26(15-19)31-28(32)27(16-30)29(33-17-24-13-20(2)9-11-22(24)4)34-18-25-14-21(3)10-12-23(25)5/h6-15H,17-18H2,1-5H3,(H,31,32). The van der Waals surface area contributed by atoms with Crippen LogP contribution >= 0.6 is 23.5 Å². The van der Waals surface area contributed by atoms with E-state index in [4.69, 9.17) is 0 Å². The van der Waals surface area contributed by atoms with E-state index in [1.165, 1.54) is 33.4 Å². The van der Waals surface area contributed by atoms with Crippen molar-refractivity contribution in [2.75, 3.05) is 5.32 Å². The lowest BCUT2D eigenvalue weighted by atomic mass is 10.1. The van der Waals surface area contributed by atoms with Crippen molar-refractivity contribution in [1.82, 2.24) is 0 Å². The quantitative estimate of drug-likeness (QED) is 0.261. The first-order valence-corrected chi connectivity index (χ1v) is 13.1. The van der Waals surface area contributed by atoms with Gasteiger partial charge in [-0.15, -0.1) is 23.5 Å². The summed E-state index contributed by atoms with van der Waals surface area (Å²) in [5.41, 5.74) is 9.15. The van der Waals surface area contributed by atoms with Crippen molar-refractivity contribution >= 4 is 35.1 Å². The molecule has 0 bridgehead atoms. The molecule has 0 atom stereocenters. The van der Waals surface area contributed by atoms with Crippen molar-refractivity contribution in [2.24, 2.45) is 0 Å². The monoisotopic (exact) mass is 486 g/mol. The largest absolute Gasteiger partial charge is 0.321 e. The molecular weight excluding hydrogens is 456 g/mol. The molecule has 0 aromatic heterocycles. The van der Waals surface area contributed by atoms with Crippen molar-refractivity contribution in [3.05, 3.63) is 109 Å². The molecule has 174 valence electrons. The molecule has 1 N–H and O–H groups in total. The van der Waals surface area contributed by atoms with Crippen LogP contribution in [0.2, 0.25) is 0 Å². The number of thioether (sulfide) groups is 2. The topological polar surface area (TPSA) is 52.9 Å². The lowest BCUT2D eigenvalue weighted by molar-refractivity contribution is -0.112. The molecule has 0 aliphatic carbocycles. The summed E-state index contributed by atoms with van der Waals surface area (Å²) in [5.74, 6) is 1.03. The van der Waals surface area contributed by atoms with Crippen molar-refractivity contribution < 1.29 is 4.79 Å². The minimum atomic E-state index is -0.370. The number of hydrogen-bond acceptors (Lipinski definition) is 4. The van der Waals surface area contributed by atoms with Crippen LogP contribution in [0.4, 0.5) is 5.69 Å². The Morgan fingerprint density at radius 1 is 0.794 bits per heavy atom. The van der Waals surface area contributed by atoms with Crippen LogP contribution in [-0.2, 0) is 16.3 Å². The van der Waals surface area contributed by atoms with Crippen molar-refractivity contribution in [1.29, 1.82) is 5.26 Å². The Bertz CT molecular complexity index is 1210. The van der Waals surface area contributed by atoms with Gasteiger partial charge in [0.2, 0.25) is 0 Å². The minimum absolute atomic E-state index is 0.159. The summed E-state index contributed by atoms with van der Waals surface area (Å²) in [7, 11) is 0. The number of rotatable bonds is 8. The summed E-state index contributed by atoms with van der Waals surface area (Å²) >= 11 is 3.12. The van der Waals surface area contributed by atoms with E-state index >= 15 is 0 Å². The molecule has 0 saturated heterocycles. The number of carbonyl (C=O) groups is 1. The third-order valence-corrected chi connectivity index (χ3v) is 8.10. The smallest absolute Gasteiger partial charge is 0.268 e. The molecule has 0 fully saturated rings. The summed E-state index contributed by atoms with van der Waals surface area (Å²) < 4.78 is 0.745. The third-order valence-electron chi connectivity index (χ3n) is 5.55. The Labute approximate surface area is 211 Å². The van der Waals surface area contributed by atoms with Crippen LogP contribution in [0.3, 0.4) is 0 Å². The number of anilines is 1. The van der Waals surface area contributed by atoms with Crippen molar-refractivity contribution in [3.8, 4) is 6.07 Å². The first-order valence-electron chi connectivity index (χ1n) is 11.2. The zero-order chi connectivity index (χ0) is 24.7. The number of nitriles is 1. The molecule has 3 aromatic carbocycles. The van der Waals surface area contributed by atoms with Gasteiger partial charge in [-0.2, -0.15) is 5.26 Å². The molecule has 0 radical (unpaired) electrons. The molecular formula is C29H30N2OS2. The maximum atomic E-state index is 13.1.